The van der Waals surface area contributed by atoms with Gasteiger partial charge in [0.25, 0.3) is 0 Å². The van der Waals surface area contributed by atoms with E-state index < -0.39 is 0 Å². The summed E-state index contributed by atoms with van der Waals surface area (Å²) in [6.07, 6.45) is 8.08. The molecular weight excluding hydrogens is 302 g/mol. The lowest BCUT2D eigenvalue weighted by atomic mass is 10.0. The summed E-state index contributed by atoms with van der Waals surface area (Å²) in [6.45, 7) is 6.78. The van der Waals surface area contributed by atoms with Crippen molar-refractivity contribution in [1.82, 2.24) is 14.9 Å². The molecule has 2 aromatic rings. The normalized spacial score (nSPS) is 20.6. The van der Waals surface area contributed by atoms with Crippen LogP contribution in [-0.4, -0.2) is 39.5 Å². The molecule has 124 valence electrons. The Morgan fingerprint density at radius 3 is 3.04 bits per heavy atom. The number of imidazole rings is 1. The fourth-order valence-electron chi connectivity index (χ4n) is 3.38. The molecule has 1 saturated heterocycles. The fraction of sp³-hybridized carbons (Fsp3) is 0.526. The highest BCUT2D eigenvalue weighted by Gasteiger charge is 2.27. The molecule has 1 N–H and O–H groups in total. The number of hydrogen-bond acceptors (Lipinski definition) is 3. The van der Waals surface area contributed by atoms with Crippen molar-refractivity contribution in [2.75, 3.05) is 19.3 Å². The second-order valence-corrected chi connectivity index (χ2v) is 7.87. The second-order valence-electron chi connectivity index (χ2n) is 6.59. The largest absolute Gasteiger partial charge is 0.347 e. The predicted octanol–water partition coefficient (Wildman–Crippen LogP) is 4.66. The van der Waals surface area contributed by atoms with Crippen LogP contribution < -0.4 is 0 Å². The van der Waals surface area contributed by atoms with E-state index in [4.69, 9.17) is 4.98 Å². The monoisotopic (exact) mass is 329 g/mol. The van der Waals surface area contributed by atoms with Gasteiger partial charge in [0.05, 0.1) is 11.7 Å². The van der Waals surface area contributed by atoms with Crippen LogP contribution in [0.15, 0.2) is 30.5 Å². The van der Waals surface area contributed by atoms with Crippen LogP contribution in [0.5, 0.6) is 0 Å². The molecular formula is C19H27N3S. The predicted molar refractivity (Wildman–Crippen MR) is 99.9 cm³/mol. The molecule has 2 heterocycles. The van der Waals surface area contributed by atoms with Gasteiger partial charge >= 0.3 is 0 Å². The lowest BCUT2D eigenvalue weighted by Crippen LogP contribution is -2.37. The number of thioether (sulfide) groups is 1. The zero-order valence-corrected chi connectivity index (χ0v) is 15.2. The average molecular weight is 330 g/mol. The van der Waals surface area contributed by atoms with Gasteiger partial charge in [-0.1, -0.05) is 37.1 Å². The first-order chi connectivity index (χ1) is 11.2. The Hall–Kier alpha value is -1.26. The summed E-state index contributed by atoms with van der Waals surface area (Å²) < 4.78 is 0. The molecule has 0 spiro atoms. The van der Waals surface area contributed by atoms with Crippen molar-refractivity contribution < 1.29 is 0 Å². The SMILES string of the molecule is CSC(C)CN1CCCCC1c1nc(-c2cccc(C)c2)c[nH]1. The van der Waals surface area contributed by atoms with Crippen molar-refractivity contribution in [3.63, 3.8) is 0 Å². The van der Waals surface area contributed by atoms with Gasteiger partial charge in [0.2, 0.25) is 0 Å². The summed E-state index contributed by atoms with van der Waals surface area (Å²) in [7, 11) is 0. The Morgan fingerprint density at radius 2 is 2.26 bits per heavy atom. The summed E-state index contributed by atoms with van der Waals surface area (Å²) in [6, 6.07) is 9.02. The summed E-state index contributed by atoms with van der Waals surface area (Å²) in [4.78, 5) is 11.0. The first kappa shape index (κ1) is 16.6. The maximum Gasteiger partial charge on any atom is 0.124 e. The Bertz CT molecular complexity index is 637. The topological polar surface area (TPSA) is 31.9 Å². The highest BCUT2D eigenvalue weighted by molar-refractivity contribution is 7.99. The number of H-pyrrole nitrogens is 1. The van der Waals surface area contributed by atoms with E-state index in [0.29, 0.717) is 11.3 Å². The van der Waals surface area contributed by atoms with Gasteiger partial charge in [-0.15, -0.1) is 0 Å². The first-order valence-corrected chi connectivity index (χ1v) is 9.85. The molecule has 0 aliphatic carbocycles. The van der Waals surface area contributed by atoms with E-state index in [1.54, 1.807) is 0 Å². The number of nitrogens with zero attached hydrogens (tertiary/aromatic N) is 2. The number of rotatable bonds is 5. The summed E-state index contributed by atoms with van der Waals surface area (Å²) in [5.74, 6) is 1.13. The van der Waals surface area contributed by atoms with Gasteiger partial charge < -0.3 is 4.98 Å². The van der Waals surface area contributed by atoms with Gasteiger partial charge in [-0.05, 0) is 38.6 Å². The van der Waals surface area contributed by atoms with E-state index in [2.05, 4.69) is 60.4 Å². The van der Waals surface area contributed by atoms with E-state index in [1.807, 2.05) is 11.8 Å². The molecule has 1 aromatic carbocycles. The maximum absolute atomic E-state index is 4.92. The van der Waals surface area contributed by atoms with Crippen LogP contribution in [0.25, 0.3) is 11.3 Å². The van der Waals surface area contributed by atoms with Crippen molar-refractivity contribution in [2.24, 2.45) is 0 Å². The van der Waals surface area contributed by atoms with E-state index in [1.165, 1.54) is 36.9 Å². The van der Waals surface area contributed by atoms with Gasteiger partial charge in [0, 0.05) is 23.6 Å². The quantitative estimate of drug-likeness (QED) is 0.865. The van der Waals surface area contributed by atoms with Crippen LogP contribution in [0, 0.1) is 6.92 Å². The van der Waals surface area contributed by atoms with Crippen LogP contribution in [0.3, 0.4) is 0 Å². The molecule has 1 aliphatic heterocycles. The number of aromatic amines is 1. The molecule has 2 atom stereocenters. The van der Waals surface area contributed by atoms with E-state index in [0.717, 1.165) is 18.1 Å². The number of piperidine rings is 1. The average Bonchev–Trinajstić information content (AvgIpc) is 3.05. The zero-order chi connectivity index (χ0) is 16.2. The van der Waals surface area contributed by atoms with Crippen LogP contribution in [0.1, 0.15) is 43.6 Å². The van der Waals surface area contributed by atoms with Gasteiger partial charge in [-0.2, -0.15) is 11.8 Å². The highest BCUT2D eigenvalue weighted by atomic mass is 32.2. The smallest absolute Gasteiger partial charge is 0.124 e. The zero-order valence-electron chi connectivity index (χ0n) is 14.4. The number of aryl methyl sites for hydroxylation is 1. The highest BCUT2D eigenvalue weighted by Crippen LogP contribution is 2.31. The second kappa shape index (κ2) is 7.54. The van der Waals surface area contributed by atoms with E-state index >= 15 is 0 Å². The van der Waals surface area contributed by atoms with Crippen molar-refractivity contribution in [2.45, 2.75) is 44.4 Å². The molecule has 0 amide bonds. The molecule has 3 nitrogen and oxygen atoms in total. The van der Waals surface area contributed by atoms with Crippen LogP contribution in [0.2, 0.25) is 0 Å². The molecule has 2 unspecified atom stereocenters. The third-order valence-electron chi connectivity index (χ3n) is 4.73. The molecule has 1 aliphatic rings. The third-order valence-corrected chi connectivity index (χ3v) is 5.69. The fourth-order valence-corrected chi connectivity index (χ4v) is 3.72. The Balaban J connectivity index is 1.80. The number of likely N-dealkylation sites (tertiary alicyclic amines) is 1. The molecule has 0 bridgehead atoms. The molecule has 3 rings (SSSR count). The minimum absolute atomic E-state index is 0.442. The van der Waals surface area contributed by atoms with Crippen molar-refractivity contribution >= 4 is 11.8 Å². The lowest BCUT2D eigenvalue weighted by Gasteiger charge is -2.35. The minimum Gasteiger partial charge on any atom is -0.347 e. The van der Waals surface area contributed by atoms with Gasteiger partial charge in [-0.3, -0.25) is 4.90 Å². The third kappa shape index (κ3) is 3.99. The molecule has 0 radical (unpaired) electrons. The molecule has 23 heavy (non-hydrogen) atoms. The van der Waals surface area contributed by atoms with E-state index in [9.17, 15) is 0 Å². The van der Waals surface area contributed by atoms with Gasteiger partial charge in [0.15, 0.2) is 0 Å². The number of nitrogens with one attached hydrogen (secondary N) is 1. The molecule has 1 aromatic heterocycles. The molecule has 0 saturated carbocycles. The number of hydrogen-bond donors (Lipinski definition) is 1. The van der Waals surface area contributed by atoms with Crippen molar-refractivity contribution in [3.8, 4) is 11.3 Å². The molecule has 1 fully saturated rings. The maximum atomic E-state index is 4.92. The number of benzene rings is 1. The first-order valence-electron chi connectivity index (χ1n) is 8.56. The van der Waals surface area contributed by atoms with Crippen LogP contribution in [-0.2, 0) is 0 Å². The molecule has 4 heteroatoms. The Kier molecular flexibility index (Phi) is 5.44. The van der Waals surface area contributed by atoms with Crippen molar-refractivity contribution in [3.05, 3.63) is 41.9 Å². The lowest BCUT2D eigenvalue weighted by molar-refractivity contribution is 0.145. The number of aromatic nitrogens is 2. The van der Waals surface area contributed by atoms with Crippen LogP contribution in [0.4, 0.5) is 0 Å². The summed E-state index contributed by atoms with van der Waals surface area (Å²) in [5, 5.41) is 0.668. The van der Waals surface area contributed by atoms with Gasteiger partial charge in [0.1, 0.15) is 5.82 Å². The Morgan fingerprint density at radius 1 is 1.39 bits per heavy atom. The van der Waals surface area contributed by atoms with Gasteiger partial charge in [-0.25, -0.2) is 4.98 Å². The Labute approximate surface area is 143 Å². The standard InChI is InChI=1S/C19H27N3S/c1-14-7-6-8-16(11-14)17-12-20-19(21-17)18-9-4-5-10-22(18)13-15(2)23-3/h6-8,11-12,15,18H,4-5,9-10,13H2,1-3H3,(H,20,21). The van der Waals surface area contributed by atoms with E-state index in [-0.39, 0.29) is 0 Å². The van der Waals surface area contributed by atoms with Crippen LogP contribution >= 0.6 is 11.8 Å². The van der Waals surface area contributed by atoms with Crippen molar-refractivity contribution in [1.29, 1.82) is 0 Å². The summed E-state index contributed by atoms with van der Waals surface area (Å²) >= 11 is 1.95. The summed E-state index contributed by atoms with van der Waals surface area (Å²) in [5.41, 5.74) is 3.54. The minimum atomic E-state index is 0.442.